The highest BCUT2D eigenvalue weighted by molar-refractivity contribution is 7.89. The number of sulfonamides is 1. The van der Waals surface area contributed by atoms with Gasteiger partial charge >= 0.3 is 6.18 Å². The molecule has 0 bridgehead atoms. The van der Waals surface area contributed by atoms with Crippen molar-refractivity contribution in [2.75, 3.05) is 18.6 Å². The van der Waals surface area contributed by atoms with Crippen molar-refractivity contribution >= 4 is 15.7 Å². The largest absolute Gasteiger partial charge is 0.495 e. The number of ether oxygens (including phenoxy) is 1. The summed E-state index contributed by atoms with van der Waals surface area (Å²) in [4.78, 5) is 0. The fraction of sp³-hybridized carbons (Fsp3) is 0.500. The topological polar surface area (TPSA) is 81.4 Å². The van der Waals surface area contributed by atoms with Crippen LogP contribution >= 0.6 is 0 Å². The average Bonchev–Trinajstić information content (AvgIpc) is 2.35. The van der Waals surface area contributed by atoms with Crippen LogP contribution in [0.5, 0.6) is 5.75 Å². The second-order valence-electron chi connectivity index (χ2n) is 4.44. The van der Waals surface area contributed by atoms with Gasteiger partial charge in [-0.05, 0) is 24.1 Å². The van der Waals surface area contributed by atoms with Gasteiger partial charge in [0.1, 0.15) is 5.75 Å². The summed E-state index contributed by atoms with van der Waals surface area (Å²) in [6.45, 7) is -0.0391. The van der Waals surface area contributed by atoms with Crippen molar-refractivity contribution in [1.82, 2.24) is 4.72 Å². The van der Waals surface area contributed by atoms with E-state index in [0.29, 0.717) is 17.0 Å². The van der Waals surface area contributed by atoms with Gasteiger partial charge in [-0.2, -0.15) is 13.2 Å². The molecule has 0 saturated heterocycles. The SMILES string of the molecule is COc1ccc(CNS(=O)(=O)CCCC(F)(F)F)cc1N. The molecular formula is C12H17F3N2O3S. The van der Waals surface area contributed by atoms with E-state index in [2.05, 4.69) is 4.72 Å². The number of anilines is 1. The molecule has 0 atom stereocenters. The summed E-state index contributed by atoms with van der Waals surface area (Å²) in [6, 6.07) is 4.74. The van der Waals surface area contributed by atoms with Crippen molar-refractivity contribution in [3.8, 4) is 5.75 Å². The molecule has 21 heavy (non-hydrogen) atoms. The maximum Gasteiger partial charge on any atom is 0.389 e. The number of halogens is 3. The summed E-state index contributed by atoms with van der Waals surface area (Å²) in [6.07, 6.45) is -5.94. The predicted octanol–water partition coefficient (Wildman–Crippen LogP) is 2.04. The number of alkyl halides is 3. The first-order valence-electron chi connectivity index (χ1n) is 6.09. The molecule has 1 aromatic rings. The zero-order valence-corrected chi connectivity index (χ0v) is 12.2. The van der Waals surface area contributed by atoms with Crippen LogP contribution in [-0.4, -0.2) is 27.5 Å². The van der Waals surface area contributed by atoms with E-state index in [1.165, 1.54) is 13.2 Å². The van der Waals surface area contributed by atoms with Crippen molar-refractivity contribution in [2.45, 2.75) is 25.6 Å². The third kappa shape index (κ3) is 6.67. The third-order valence-electron chi connectivity index (χ3n) is 2.66. The molecule has 0 heterocycles. The smallest absolute Gasteiger partial charge is 0.389 e. The number of nitrogens with two attached hydrogens (primary N) is 1. The van der Waals surface area contributed by atoms with Crippen LogP contribution < -0.4 is 15.2 Å². The van der Waals surface area contributed by atoms with Gasteiger partial charge in [0.25, 0.3) is 0 Å². The Morgan fingerprint density at radius 1 is 1.33 bits per heavy atom. The van der Waals surface area contributed by atoms with E-state index >= 15 is 0 Å². The summed E-state index contributed by atoms with van der Waals surface area (Å²) in [5.41, 5.74) is 6.62. The average molecular weight is 326 g/mol. The van der Waals surface area contributed by atoms with Crippen molar-refractivity contribution in [3.63, 3.8) is 0 Å². The van der Waals surface area contributed by atoms with Crippen LogP contribution in [0.4, 0.5) is 18.9 Å². The van der Waals surface area contributed by atoms with Crippen LogP contribution in [0.1, 0.15) is 18.4 Å². The first kappa shape index (κ1) is 17.6. The minimum Gasteiger partial charge on any atom is -0.495 e. The van der Waals surface area contributed by atoms with Crippen molar-refractivity contribution in [2.24, 2.45) is 0 Å². The molecule has 120 valence electrons. The van der Waals surface area contributed by atoms with Crippen LogP contribution in [0.25, 0.3) is 0 Å². The van der Waals surface area contributed by atoms with Gasteiger partial charge in [0.05, 0.1) is 18.6 Å². The Kier molecular flexibility index (Phi) is 5.85. The summed E-state index contributed by atoms with van der Waals surface area (Å²) in [7, 11) is -2.30. The molecular weight excluding hydrogens is 309 g/mol. The van der Waals surface area contributed by atoms with Gasteiger partial charge in [0, 0.05) is 13.0 Å². The molecule has 0 aliphatic carbocycles. The predicted molar refractivity (Wildman–Crippen MR) is 73.3 cm³/mol. The molecule has 0 aliphatic heterocycles. The van der Waals surface area contributed by atoms with Crippen molar-refractivity contribution in [1.29, 1.82) is 0 Å². The standard InChI is InChI=1S/C12H17F3N2O3S/c1-20-11-4-3-9(7-10(11)16)8-17-21(18,19)6-2-5-12(13,14)15/h3-4,7,17H,2,5-6,8,16H2,1H3. The monoisotopic (exact) mass is 326 g/mol. The molecule has 0 radical (unpaired) electrons. The molecule has 1 aromatic carbocycles. The zero-order valence-electron chi connectivity index (χ0n) is 11.4. The zero-order chi connectivity index (χ0) is 16.1. The Labute approximate surface area is 121 Å². The second-order valence-corrected chi connectivity index (χ2v) is 6.36. The molecule has 5 nitrogen and oxygen atoms in total. The molecule has 3 N–H and O–H groups in total. The van der Waals surface area contributed by atoms with Gasteiger partial charge in [-0.15, -0.1) is 0 Å². The Morgan fingerprint density at radius 2 is 2.00 bits per heavy atom. The van der Waals surface area contributed by atoms with E-state index in [0.717, 1.165) is 0 Å². The van der Waals surface area contributed by atoms with Crippen molar-refractivity contribution in [3.05, 3.63) is 23.8 Å². The Hall–Kier alpha value is -1.48. The van der Waals surface area contributed by atoms with Gasteiger partial charge in [-0.3, -0.25) is 0 Å². The summed E-state index contributed by atoms with van der Waals surface area (Å²) in [5.74, 6) is -0.107. The van der Waals surface area contributed by atoms with Crippen LogP contribution in [0.15, 0.2) is 18.2 Å². The van der Waals surface area contributed by atoms with E-state index in [1.807, 2.05) is 0 Å². The fourth-order valence-corrected chi connectivity index (χ4v) is 2.68. The lowest BCUT2D eigenvalue weighted by molar-refractivity contribution is -0.134. The van der Waals surface area contributed by atoms with E-state index in [-0.39, 0.29) is 6.54 Å². The van der Waals surface area contributed by atoms with Gasteiger partial charge in [0.2, 0.25) is 10.0 Å². The quantitative estimate of drug-likeness (QED) is 0.751. The molecule has 0 unspecified atom stereocenters. The maximum atomic E-state index is 12.0. The minimum absolute atomic E-state index is 0.0391. The lowest BCUT2D eigenvalue weighted by Crippen LogP contribution is -2.26. The number of nitrogens with one attached hydrogen (secondary N) is 1. The number of nitrogen functional groups attached to an aromatic ring is 1. The Bertz CT molecular complexity index is 574. The summed E-state index contributed by atoms with van der Waals surface area (Å²) < 4.78 is 66.2. The van der Waals surface area contributed by atoms with Gasteiger partial charge in [-0.1, -0.05) is 6.07 Å². The van der Waals surface area contributed by atoms with Crippen LogP contribution in [0, 0.1) is 0 Å². The molecule has 9 heteroatoms. The number of hydrogen-bond donors (Lipinski definition) is 2. The number of benzene rings is 1. The van der Waals surface area contributed by atoms with Crippen molar-refractivity contribution < 1.29 is 26.3 Å². The number of rotatable bonds is 7. The van der Waals surface area contributed by atoms with Gasteiger partial charge in [-0.25, -0.2) is 13.1 Å². The van der Waals surface area contributed by atoms with Crippen LogP contribution in [0.3, 0.4) is 0 Å². The molecule has 0 aliphatic rings. The number of hydrogen-bond acceptors (Lipinski definition) is 4. The summed E-state index contributed by atoms with van der Waals surface area (Å²) >= 11 is 0. The molecule has 0 amide bonds. The lowest BCUT2D eigenvalue weighted by atomic mass is 10.2. The normalized spacial score (nSPS) is 12.4. The lowest BCUT2D eigenvalue weighted by Gasteiger charge is -2.10. The van der Waals surface area contributed by atoms with E-state index in [4.69, 9.17) is 10.5 Å². The van der Waals surface area contributed by atoms with Crippen LogP contribution in [-0.2, 0) is 16.6 Å². The molecule has 0 saturated carbocycles. The van der Waals surface area contributed by atoms with E-state index in [9.17, 15) is 21.6 Å². The Morgan fingerprint density at radius 3 is 2.52 bits per heavy atom. The molecule has 0 aromatic heterocycles. The molecule has 0 spiro atoms. The van der Waals surface area contributed by atoms with Gasteiger partial charge in [0.15, 0.2) is 0 Å². The summed E-state index contributed by atoms with van der Waals surface area (Å²) in [5, 5.41) is 0. The highest BCUT2D eigenvalue weighted by atomic mass is 32.2. The third-order valence-corrected chi connectivity index (χ3v) is 4.07. The molecule has 1 rings (SSSR count). The first-order valence-corrected chi connectivity index (χ1v) is 7.75. The maximum absolute atomic E-state index is 12.0. The van der Waals surface area contributed by atoms with Gasteiger partial charge < -0.3 is 10.5 Å². The highest BCUT2D eigenvalue weighted by Crippen LogP contribution is 2.22. The Balaban J connectivity index is 2.51. The van der Waals surface area contributed by atoms with Crippen LogP contribution in [0.2, 0.25) is 0 Å². The highest BCUT2D eigenvalue weighted by Gasteiger charge is 2.27. The van der Waals surface area contributed by atoms with E-state index in [1.54, 1.807) is 12.1 Å². The minimum atomic E-state index is -4.35. The van der Waals surface area contributed by atoms with E-state index < -0.39 is 34.8 Å². The fourth-order valence-electron chi connectivity index (χ4n) is 1.62. The second kappa shape index (κ2) is 6.99. The molecule has 0 fully saturated rings. The first-order chi connectivity index (χ1) is 9.63. The number of methoxy groups -OCH3 is 1.